The molecule has 0 saturated carbocycles. The molecule has 3 rings (SSSR count). The second-order valence-electron chi connectivity index (χ2n) is 6.62. The van der Waals surface area contributed by atoms with Gasteiger partial charge in [0.15, 0.2) is 5.03 Å². The number of rotatable bonds is 5. The van der Waals surface area contributed by atoms with E-state index in [0.717, 1.165) is 18.2 Å². The molecule has 1 aliphatic carbocycles. The molecule has 0 atom stereocenters. The van der Waals surface area contributed by atoms with Gasteiger partial charge in [0.05, 0.1) is 11.0 Å². The summed E-state index contributed by atoms with van der Waals surface area (Å²) in [5.74, 6) is 0. The fourth-order valence-corrected chi connectivity index (χ4v) is 3.44. The van der Waals surface area contributed by atoms with Gasteiger partial charge in [-0.25, -0.2) is 27.3 Å². The molecule has 1 aliphatic rings. The molecule has 29 heavy (non-hydrogen) atoms. The first kappa shape index (κ1) is 21.1. The fourth-order valence-electron chi connectivity index (χ4n) is 2.99. The predicted molar refractivity (Wildman–Crippen MR) is 97.4 cm³/mol. The van der Waals surface area contributed by atoms with Crippen LogP contribution < -0.4 is 5.14 Å². The van der Waals surface area contributed by atoms with Crippen LogP contribution in [-0.4, -0.2) is 26.8 Å². The summed E-state index contributed by atoms with van der Waals surface area (Å²) in [4.78, 5) is 3.75. The van der Waals surface area contributed by atoms with Gasteiger partial charge in [-0.1, -0.05) is 24.3 Å². The monoisotopic (exact) mass is 430 g/mol. The molecule has 2 N–H and O–H groups in total. The lowest BCUT2D eigenvalue weighted by Crippen LogP contribution is -2.18. The molecule has 154 valence electrons. The second kappa shape index (κ2) is 7.34. The summed E-state index contributed by atoms with van der Waals surface area (Å²) in [5.41, 5.74) is -1.11. The van der Waals surface area contributed by atoms with Crippen molar-refractivity contribution in [2.45, 2.75) is 11.2 Å². The zero-order valence-corrected chi connectivity index (χ0v) is 15.6. The summed E-state index contributed by atoms with van der Waals surface area (Å²) in [6, 6.07) is 6.67. The van der Waals surface area contributed by atoms with E-state index >= 15 is 0 Å². The van der Waals surface area contributed by atoms with Crippen molar-refractivity contribution in [1.29, 1.82) is 0 Å². The average Bonchev–Trinajstić information content (AvgIpc) is 3.07. The first-order valence-corrected chi connectivity index (χ1v) is 9.79. The van der Waals surface area contributed by atoms with Crippen molar-refractivity contribution < 1.29 is 30.4 Å². The number of alkyl halides is 5. The molecule has 1 heterocycles. The van der Waals surface area contributed by atoms with Gasteiger partial charge in [-0.05, 0) is 41.0 Å². The Hall–Kier alpha value is -2.59. The Morgan fingerprint density at radius 1 is 0.897 bits per heavy atom. The minimum Gasteiger partial charge on any atom is -0.250 e. The Morgan fingerprint density at radius 2 is 1.41 bits per heavy atom. The smallest absolute Gasteiger partial charge is 0.250 e. The Labute approximate surface area is 163 Å². The molecule has 1 aromatic carbocycles. The maximum atomic E-state index is 13.6. The molecular weight excluding hydrogens is 415 g/mol. The third-order valence-electron chi connectivity index (χ3n) is 4.51. The molecule has 0 spiro atoms. The minimum absolute atomic E-state index is 0.319. The molecule has 1 aromatic heterocycles. The maximum absolute atomic E-state index is 13.6. The lowest BCUT2D eigenvalue weighted by Gasteiger charge is -2.15. The van der Waals surface area contributed by atoms with Gasteiger partial charge in [0, 0.05) is 11.8 Å². The van der Waals surface area contributed by atoms with E-state index in [1.54, 1.807) is 0 Å². The van der Waals surface area contributed by atoms with E-state index in [1.165, 1.54) is 36.5 Å². The Morgan fingerprint density at radius 3 is 1.83 bits per heavy atom. The zero-order valence-electron chi connectivity index (χ0n) is 14.7. The van der Waals surface area contributed by atoms with Gasteiger partial charge >= 0.3 is 6.18 Å². The molecule has 0 bridgehead atoms. The standard InChI is InChI=1S/C19H15F5N2O2S/c20-10-18(11-21)7-15(12-1-4-14(5-2-12)19(22,23)24)16(8-18)13-3-6-17(26-9-13)29(25,27)28/h1-9H,10-11H2,(H2,25,27,28). The highest BCUT2D eigenvalue weighted by Gasteiger charge is 2.35. The average molecular weight is 430 g/mol. The molecular formula is C19H15F5N2O2S. The topological polar surface area (TPSA) is 73.1 Å². The normalized spacial score (nSPS) is 16.5. The Balaban J connectivity index is 2.08. The Bertz CT molecular complexity index is 1070. The van der Waals surface area contributed by atoms with Crippen LogP contribution in [0.1, 0.15) is 16.7 Å². The predicted octanol–water partition coefficient (Wildman–Crippen LogP) is 4.15. The number of hydrogen-bond donors (Lipinski definition) is 1. The van der Waals surface area contributed by atoms with Crippen LogP contribution in [-0.2, 0) is 16.2 Å². The number of nitrogens with zero attached hydrogens (tertiary/aromatic N) is 1. The van der Waals surface area contributed by atoms with Gasteiger partial charge in [-0.2, -0.15) is 13.2 Å². The number of pyridine rings is 1. The summed E-state index contributed by atoms with van der Waals surface area (Å²) >= 11 is 0. The van der Waals surface area contributed by atoms with Gasteiger partial charge < -0.3 is 0 Å². The molecule has 0 aliphatic heterocycles. The van der Waals surface area contributed by atoms with Crippen LogP contribution in [0.2, 0.25) is 0 Å². The van der Waals surface area contributed by atoms with Gasteiger partial charge in [0.2, 0.25) is 0 Å². The third-order valence-corrected chi connectivity index (χ3v) is 5.34. The lowest BCUT2D eigenvalue weighted by atomic mass is 9.93. The first-order chi connectivity index (χ1) is 13.5. The molecule has 0 fully saturated rings. The third kappa shape index (κ3) is 4.23. The number of halogens is 5. The summed E-state index contributed by atoms with van der Waals surface area (Å²) < 4.78 is 88.3. The van der Waals surface area contributed by atoms with Crippen LogP contribution in [0.5, 0.6) is 0 Å². The molecule has 10 heteroatoms. The number of primary sulfonamides is 1. The van der Waals surface area contributed by atoms with Crippen molar-refractivity contribution in [2.75, 3.05) is 13.3 Å². The van der Waals surface area contributed by atoms with E-state index in [0.29, 0.717) is 22.3 Å². The van der Waals surface area contributed by atoms with E-state index in [-0.39, 0.29) is 5.03 Å². The molecule has 0 amide bonds. The lowest BCUT2D eigenvalue weighted by molar-refractivity contribution is -0.137. The number of hydrogen-bond acceptors (Lipinski definition) is 3. The van der Waals surface area contributed by atoms with E-state index in [9.17, 15) is 30.4 Å². The fraction of sp³-hybridized carbons (Fsp3) is 0.211. The van der Waals surface area contributed by atoms with E-state index in [2.05, 4.69) is 4.98 Å². The number of sulfonamides is 1. The minimum atomic E-state index is -4.52. The van der Waals surface area contributed by atoms with Crippen LogP contribution in [0.3, 0.4) is 0 Å². The molecule has 2 aromatic rings. The summed E-state index contributed by atoms with van der Waals surface area (Å²) in [7, 11) is -4.03. The van der Waals surface area contributed by atoms with E-state index in [4.69, 9.17) is 5.14 Å². The van der Waals surface area contributed by atoms with Crippen molar-refractivity contribution in [3.05, 3.63) is 71.4 Å². The van der Waals surface area contributed by atoms with Gasteiger partial charge in [-0.3, -0.25) is 0 Å². The van der Waals surface area contributed by atoms with Crippen molar-refractivity contribution in [2.24, 2.45) is 10.6 Å². The molecule has 4 nitrogen and oxygen atoms in total. The van der Waals surface area contributed by atoms with Crippen LogP contribution in [0.15, 0.2) is 59.8 Å². The summed E-state index contributed by atoms with van der Waals surface area (Å²) in [6.07, 6.45) is -0.696. The molecule has 0 radical (unpaired) electrons. The highest BCUT2D eigenvalue weighted by molar-refractivity contribution is 7.89. The number of benzene rings is 1. The van der Waals surface area contributed by atoms with Crippen LogP contribution in [0, 0.1) is 5.41 Å². The van der Waals surface area contributed by atoms with Gasteiger partial charge in [0.25, 0.3) is 10.0 Å². The second-order valence-corrected chi connectivity index (χ2v) is 8.13. The Kier molecular flexibility index (Phi) is 5.35. The van der Waals surface area contributed by atoms with E-state index < -0.39 is 40.5 Å². The number of nitrogens with two attached hydrogens (primary N) is 1. The van der Waals surface area contributed by atoms with Gasteiger partial charge in [0.1, 0.15) is 13.3 Å². The number of aromatic nitrogens is 1. The quantitative estimate of drug-likeness (QED) is 0.725. The van der Waals surface area contributed by atoms with Gasteiger partial charge in [-0.15, -0.1) is 0 Å². The van der Waals surface area contributed by atoms with Crippen molar-refractivity contribution in [3.8, 4) is 0 Å². The molecule has 0 unspecified atom stereocenters. The highest BCUT2D eigenvalue weighted by atomic mass is 32.2. The SMILES string of the molecule is NS(=O)(=O)c1ccc(C2=CC(CF)(CF)C=C2c2ccc(C(F)(F)F)cc2)cn1. The highest BCUT2D eigenvalue weighted by Crippen LogP contribution is 2.45. The summed E-state index contributed by atoms with van der Waals surface area (Å²) in [6.45, 7) is -2.11. The number of allylic oxidation sites excluding steroid dienone is 4. The van der Waals surface area contributed by atoms with Crippen molar-refractivity contribution in [1.82, 2.24) is 4.98 Å². The van der Waals surface area contributed by atoms with E-state index in [1.807, 2.05) is 0 Å². The summed E-state index contributed by atoms with van der Waals surface area (Å²) in [5, 5.41) is 4.62. The van der Waals surface area contributed by atoms with Crippen molar-refractivity contribution >= 4 is 21.2 Å². The first-order valence-electron chi connectivity index (χ1n) is 8.24. The zero-order chi connectivity index (χ0) is 21.4. The van der Waals surface area contributed by atoms with Crippen LogP contribution >= 0.6 is 0 Å². The molecule has 0 saturated heterocycles. The van der Waals surface area contributed by atoms with Crippen molar-refractivity contribution in [3.63, 3.8) is 0 Å². The maximum Gasteiger partial charge on any atom is 0.416 e. The largest absolute Gasteiger partial charge is 0.416 e. The van der Waals surface area contributed by atoms with Crippen LogP contribution in [0.4, 0.5) is 22.0 Å². The van der Waals surface area contributed by atoms with Crippen LogP contribution in [0.25, 0.3) is 11.1 Å².